The molecule has 19 heavy (non-hydrogen) atoms. The molecule has 1 aliphatic rings. The van der Waals surface area contributed by atoms with Gasteiger partial charge in [-0.15, -0.1) is 0 Å². The standard InChI is InChI=1S/C15H26O4/c1-13(2,3)19-12(17)15(6)9-8-10(11(16)18-7)14(15,4)5/h10H,8-9H2,1-7H3/t10-,15+/m0/s1. The minimum absolute atomic E-state index is 0.226. The zero-order valence-electron chi connectivity index (χ0n) is 13.1. The third-order valence-corrected chi connectivity index (χ3v) is 4.56. The predicted octanol–water partition coefficient (Wildman–Crippen LogP) is 2.94. The lowest BCUT2D eigenvalue weighted by Crippen LogP contribution is -2.45. The lowest BCUT2D eigenvalue weighted by atomic mass is 9.65. The van der Waals surface area contributed by atoms with Crippen molar-refractivity contribution in [3.8, 4) is 0 Å². The fourth-order valence-corrected chi connectivity index (χ4v) is 2.81. The molecule has 0 radical (unpaired) electrons. The monoisotopic (exact) mass is 270 g/mol. The number of hydrogen-bond donors (Lipinski definition) is 0. The zero-order chi connectivity index (χ0) is 15.1. The van der Waals surface area contributed by atoms with E-state index in [0.717, 1.165) is 0 Å². The van der Waals surface area contributed by atoms with E-state index in [9.17, 15) is 9.59 Å². The first kappa shape index (κ1) is 16.0. The van der Waals surface area contributed by atoms with Crippen molar-refractivity contribution in [2.45, 2.75) is 60.0 Å². The first-order chi connectivity index (χ1) is 8.45. The normalized spacial score (nSPS) is 29.9. The van der Waals surface area contributed by atoms with Gasteiger partial charge in [0.2, 0.25) is 0 Å². The van der Waals surface area contributed by atoms with Gasteiger partial charge in [-0.05, 0) is 46.0 Å². The Morgan fingerprint density at radius 2 is 1.68 bits per heavy atom. The largest absolute Gasteiger partial charge is 0.469 e. The van der Waals surface area contributed by atoms with Gasteiger partial charge in [0.15, 0.2) is 0 Å². The third-order valence-electron chi connectivity index (χ3n) is 4.56. The molecule has 0 aliphatic heterocycles. The zero-order valence-corrected chi connectivity index (χ0v) is 13.1. The van der Waals surface area contributed by atoms with E-state index in [2.05, 4.69) is 0 Å². The minimum Gasteiger partial charge on any atom is -0.469 e. The molecule has 2 atom stereocenters. The SMILES string of the molecule is COC(=O)[C@@H]1CC[C@](C)(C(=O)OC(C)(C)C)C1(C)C. The van der Waals surface area contributed by atoms with E-state index < -0.39 is 16.4 Å². The number of carbonyl (C=O) groups is 2. The highest BCUT2D eigenvalue weighted by atomic mass is 16.6. The summed E-state index contributed by atoms with van der Waals surface area (Å²) in [4.78, 5) is 24.3. The van der Waals surface area contributed by atoms with Gasteiger partial charge in [-0.25, -0.2) is 0 Å². The van der Waals surface area contributed by atoms with Crippen molar-refractivity contribution >= 4 is 11.9 Å². The van der Waals surface area contributed by atoms with Crippen LogP contribution in [0.5, 0.6) is 0 Å². The Morgan fingerprint density at radius 1 is 1.16 bits per heavy atom. The van der Waals surface area contributed by atoms with Gasteiger partial charge in [-0.1, -0.05) is 13.8 Å². The summed E-state index contributed by atoms with van der Waals surface area (Å²) in [5.74, 6) is -0.719. The second-order valence-electron chi connectivity index (χ2n) is 7.17. The van der Waals surface area contributed by atoms with Gasteiger partial charge in [-0.3, -0.25) is 9.59 Å². The van der Waals surface area contributed by atoms with Gasteiger partial charge in [0.25, 0.3) is 0 Å². The molecule has 4 nitrogen and oxygen atoms in total. The number of hydrogen-bond acceptors (Lipinski definition) is 4. The van der Waals surface area contributed by atoms with Crippen molar-refractivity contribution < 1.29 is 19.1 Å². The molecule has 1 fully saturated rings. The fraction of sp³-hybridized carbons (Fsp3) is 0.867. The molecule has 0 aromatic carbocycles. The third kappa shape index (κ3) is 2.77. The van der Waals surface area contributed by atoms with E-state index in [1.54, 1.807) is 0 Å². The first-order valence-corrected chi connectivity index (χ1v) is 6.77. The number of carbonyl (C=O) groups excluding carboxylic acids is 2. The number of ether oxygens (including phenoxy) is 2. The second kappa shape index (κ2) is 4.80. The Hall–Kier alpha value is -1.06. The van der Waals surface area contributed by atoms with E-state index >= 15 is 0 Å². The molecule has 110 valence electrons. The van der Waals surface area contributed by atoms with Crippen LogP contribution >= 0.6 is 0 Å². The summed E-state index contributed by atoms with van der Waals surface area (Å²) in [7, 11) is 1.39. The van der Waals surface area contributed by atoms with Gasteiger partial charge in [0.1, 0.15) is 5.60 Å². The summed E-state index contributed by atoms with van der Waals surface area (Å²) in [6.45, 7) is 11.4. The summed E-state index contributed by atoms with van der Waals surface area (Å²) in [5.41, 5.74) is -1.64. The van der Waals surface area contributed by atoms with Crippen LogP contribution in [0.2, 0.25) is 0 Å². The highest BCUT2D eigenvalue weighted by Crippen LogP contribution is 2.57. The molecular formula is C15H26O4. The van der Waals surface area contributed by atoms with Crippen molar-refractivity contribution in [1.29, 1.82) is 0 Å². The van der Waals surface area contributed by atoms with Crippen LogP contribution in [-0.2, 0) is 19.1 Å². The number of methoxy groups -OCH3 is 1. The van der Waals surface area contributed by atoms with E-state index in [4.69, 9.17) is 9.47 Å². The van der Waals surface area contributed by atoms with Crippen LogP contribution in [0, 0.1) is 16.7 Å². The van der Waals surface area contributed by atoms with E-state index in [1.165, 1.54) is 7.11 Å². The van der Waals surface area contributed by atoms with Crippen LogP contribution in [0.25, 0.3) is 0 Å². The molecule has 1 saturated carbocycles. The first-order valence-electron chi connectivity index (χ1n) is 6.77. The number of esters is 2. The Kier molecular flexibility index (Phi) is 4.04. The average molecular weight is 270 g/mol. The van der Waals surface area contributed by atoms with Crippen molar-refractivity contribution in [2.24, 2.45) is 16.7 Å². The van der Waals surface area contributed by atoms with Crippen LogP contribution in [0.3, 0.4) is 0 Å². The van der Waals surface area contributed by atoms with Gasteiger partial charge < -0.3 is 9.47 Å². The van der Waals surface area contributed by atoms with Crippen LogP contribution in [0.1, 0.15) is 54.4 Å². The summed E-state index contributed by atoms with van der Waals surface area (Å²) < 4.78 is 10.4. The molecule has 0 aromatic rings. The molecular weight excluding hydrogens is 244 g/mol. The Labute approximate surface area is 115 Å². The molecule has 1 aliphatic carbocycles. The van der Waals surface area contributed by atoms with E-state index in [0.29, 0.717) is 12.8 Å². The predicted molar refractivity (Wildman–Crippen MR) is 72.5 cm³/mol. The molecule has 0 aromatic heterocycles. The van der Waals surface area contributed by atoms with Crippen molar-refractivity contribution in [2.75, 3.05) is 7.11 Å². The van der Waals surface area contributed by atoms with Gasteiger partial charge in [0.05, 0.1) is 18.4 Å². The summed E-state index contributed by atoms with van der Waals surface area (Å²) in [6, 6.07) is 0. The molecule has 0 amide bonds. The number of rotatable bonds is 2. The maximum atomic E-state index is 12.5. The summed E-state index contributed by atoms with van der Waals surface area (Å²) in [5, 5.41) is 0. The smallest absolute Gasteiger partial charge is 0.312 e. The Bertz CT molecular complexity index is 378. The van der Waals surface area contributed by atoms with E-state index in [1.807, 2.05) is 41.5 Å². The van der Waals surface area contributed by atoms with Crippen LogP contribution in [0.4, 0.5) is 0 Å². The molecule has 0 heterocycles. The average Bonchev–Trinajstić information content (AvgIpc) is 2.48. The topological polar surface area (TPSA) is 52.6 Å². The molecule has 1 rings (SSSR count). The van der Waals surface area contributed by atoms with Gasteiger partial charge in [-0.2, -0.15) is 0 Å². The van der Waals surface area contributed by atoms with Crippen LogP contribution in [0.15, 0.2) is 0 Å². The molecule has 0 spiro atoms. The highest BCUT2D eigenvalue weighted by molar-refractivity contribution is 5.82. The Balaban J connectivity index is 3.01. The molecule has 4 heteroatoms. The second-order valence-corrected chi connectivity index (χ2v) is 7.17. The summed E-state index contributed by atoms with van der Waals surface area (Å²) >= 11 is 0. The van der Waals surface area contributed by atoms with Gasteiger partial charge >= 0.3 is 11.9 Å². The van der Waals surface area contributed by atoms with E-state index in [-0.39, 0.29) is 17.9 Å². The molecule has 0 unspecified atom stereocenters. The van der Waals surface area contributed by atoms with Crippen LogP contribution in [-0.4, -0.2) is 24.6 Å². The summed E-state index contributed by atoms with van der Waals surface area (Å²) in [6.07, 6.45) is 1.31. The molecule has 0 bridgehead atoms. The maximum Gasteiger partial charge on any atom is 0.312 e. The van der Waals surface area contributed by atoms with Crippen molar-refractivity contribution in [3.05, 3.63) is 0 Å². The van der Waals surface area contributed by atoms with Crippen molar-refractivity contribution in [1.82, 2.24) is 0 Å². The highest BCUT2D eigenvalue weighted by Gasteiger charge is 2.59. The lowest BCUT2D eigenvalue weighted by Gasteiger charge is -2.40. The Morgan fingerprint density at radius 3 is 2.11 bits per heavy atom. The minimum atomic E-state index is -0.654. The maximum absolute atomic E-state index is 12.5. The molecule has 0 N–H and O–H groups in total. The van der Waals surface area contributed by atoms with Crippen molar-refractivity contribution in [3.63, 3.8) is 0 Å². The molecule has 0 saturated heterocycles. The lowest BCUT2D eigenvalue weighted by molar-refractivity contribution is -0.174. The fourth-order valence-electron chi connectivity index (χ4n) is 2.81. The van der Waals surface area contributed by atoms with Gasteiger partial charge in [0, 0.05) is 0 Å². The van der Waals surface area contributed by atoms with Crippen LogP contribution < -0.4 is 0 Å². The quantitative estimate of drug-likeness (QED) is 0.724.